The highest BCUT2D eigenvalue weighted by Gasteiger charge is 2.27. The largest absolute Gasteiger partial charge is 0.476 e. The fraction of sp³-hybridized carbons (Fsp3) is 0.364. The predicted octanol–water partition coefficient (Wildman–Crippen LogP) is 2.71. The molecule has 1 aromatic carbocycles. The van der Waals surface area contributed by atoms with Gasteiger partial charge in [-0.1, -0.05) is 0 Å². The molecule has 0 aliphatic heterocycles. The summed E-state index contributed by atoms with van der Waals surface area (Å²) in [7, 11) is 0. The minimum atomic E-state index is -2.30. The molecule has 0 heterocycles. The highest BCUT2D eigenvalue weighted by atomic mass is 19.2. The van der Waals surface area contributed by atoms with Crippen LogP contribution in [0.4, 0.5) is 22.0 Å². The van der Waals surface area contributed by atoms with Crippen LogP contribution in [0.25, 0.3) is 0 Å². The van der Waals surface area contributed by atoms with E-state index in [9.17, 15) is 26.7 Å². The summed E-state index contributed by atoms with van der Waals surface area (Å²) in [6.45, 7) is 2.04. The van der Waals surface area contributed by atoms with Gasteiger partial charge in [0.1, 0.15) is 0 Å². The summed E-state index contributed by atoms with van der Waals surface area (Å²) >= 11 is 0. The zero-order valence-electron chi connectivity index (χ0n) is 9.90. The first-order chi connectivity index (χ1) is 8.75. The van der Waals surface area contributed by atoms with Crippen molar-refractivity contribution in [3.05, 3.63) is 29.1 Å². The Bertz CT molecular complexity index is 473. The molecule has 0 N–H and O–H groups in total. The van der Waals surface area contributed by atoms with E-state index in [1.165, 1.54) is 13.8 Å². The van der Waals surface area contributed by atoms with Gasteiger partial charge in [-0.15, -0.1) is 0 Å². The van der Waals surface area contributed by atoms with Crippen LogP contribution in [-0.2, 0) is 9.53 Å². The second-order valence-electron chi connectivity index (χ2n) is 3.73. The van der Waals surface area contributed by atoms with Crippen molar-refractivity contribution in [1.82, 2.24) is 0 Å². The second-order valence-corrected chi connectivity index (χ2v) is 3.73. The second kappa shape index (κ2) is 5.85. The van der Waals surface area contributed by atoms with Crippen molar-refractivity contribution in [2.75, 3.05) is 6.61 Å². The van der Waals surface area contributed by atoms with Crippen LogP contribution in [-0.4, -0.2) is 18.7 Å². The van der Waals surface area contributed by atoms with Crippen LogP contribution in [0.2, 0.25) is 0 Å². The smallest absolute Gasteiger partial charge is 0.344 e. The molecule has 0 amide bonds. The van der Waals surface area contributed by atoms with E-state index in [-0.39, 0.29) is 0 Å². The van der Waals surface area contributed by atoms with Gasteiger partial charge in [-0.25, -0.2) is 18.0 Å². The Hall–Kier alpha value is -1.86. The minimum Gasteiger partial charge on any atom is -0.476 e. The van der Waals surface area contributed by atoms with Gasteiger partial charge in [0.2, 0.25) is 29.1 Å². The van der Waals surface area contributed by atoms with E-state index in [2.05, 4.69) is 9.47 Å². The van der Waals surface area contributed by atoms with Gasteiger partial charge in [0.15, 0.2) is 12.4 Å². The maximum atomic E-state index is 13.1. The Kier molecular flexibility index (Phi) is 4.68. The number of hydrogen-bond donors (Lipinski definition) is 0. The Morgan fingerprint density at radius 3 is 1.79 bits per heavy atom. The number of ether oxygens (including phenoxy) is 2. The number of benzene rings is 1. The van der Waals surface area contributed by atoms with E-state index in [4.69, 9.17) is 0 Å². The molecule has 0 spiro atoms. The van der Waals surface area contributed by atoms with Gasteiger partial charge in [-0.05, 0) is 13.8 Å². The maximum absolute atomic E-state index is 13.1. The van der Waals surface area contributed by atoms with Crippen LogP contribution >= 0.6 is 0 Å². The van der Waals surface area contributed by atoms with Gasteiger partial charge < -0.3 is 9.47 Å². The average Bonchev–Trinajstić information content (AvgIpc) is 2.33. The van der Waals surface area contributed by atoms with Gasteiger partial charge in [-0.2, -0.15) is 8.78 Å². The van der Waals surface area contributed by atoms with Crippen LogP contribution in [0.3, 0.4) is 0 Å². The van der Waals surface area contributed by atoms with Crippen LogP contribution < -0.4 is 4.74 Å². The topological polar surface area (TPSA) is 35.5 Å². The lowest BCUT2D eigenvalue weighted by molar-refractivity contribution is -0.149. The highest BCUT2D eigenvalue weighted by Crippen LogP contribution is 2.28. The molecule has 0 bridgehead atoms. The third-order valence-electron chi connectivity index (χ3n) is 1.87. The molecule has 0 fully saturated rings. The van der Waals surface area contributed by atoms with Crippen molar-refractivity contribution in [3.63, 3.8) is 0 Å². The summed E-state index contributed by atoms with van der Waals surface area (Å²) in [6, 6.07) is 0. The van der Waals surface area contributed by atoms with Crippen molar-refractivity contribution in [3.8, 4) is 5.75 Å². The Labute approximate surface area is 104 Å². The van der Waals surface area contributed by atoms with E-state index in [0.29, 0.717) is 0 Å². The molecule has 3 nitrogen and oxygen atoms in total. The van der Waals surface area contributed by atoms with Crippen molar-refractivity contribution in [2.45, 2.75) is 20.0 Å². The van der Waals surface area contributed by atoms with Crippen molar-refractivity contribution >= 4 is 5.97 Å². The first kappa shape index (κ1) is 15.2. The molecule has 0 aromatic heterocycles. The zero-order chi connectivity index (χ0) is 14.7. The van der Waals surface area contributed by atoms with Crippen LogP contribution in [0, 0.1) is 29.1 Å². The summed E-state index contributed by atoms with van der Waals surface area (Å²) in [6.07, 6.45) is -0.507. The van der Waals surface area contributed by atoms with Gasteiger partial charge in [0, 0.05) is 0 Å². The summed E-state index contributed by atoms with van der Waals surface area (Å²) in [5, 5.41) is 0. The van der Waals surface area contributed by atoms with Gasteiger partial charge in [0.05, 0.1) is 6.10 Å². The van der Waals surface area contributed by atoms with E-state index in [1.807, 2.05) is 0 Å². The van der Waals surface area contributed by atoms with E-state index in [1.54, 1.807) is 0 Å². The quantitative estimate of drug-likeness (QED) is 0.369. The Morgan fingerprint density at radius 2 is 1.37 bits per heavy atom. The number of esters is 1. The standard InChI is InChI=1S/C11H9F5O3/c1-4(2)19-5(17)3-18-11-9(15)7(13)6(12)8(14)10(11)16/h4H,3H2,1-2H3. The molecule has 0 atom stereocenters. The lowest BCUT2D eigenvalue weighted by Gasteiger charge is -2.11. The number of carbonyl (C=O) groups is 1. The number of halogens is 5. The van der Waals surface area contributed by atoms with Crippen molar-refractivity contribution in [2.24, 2.45) is 0 Å². The van der Waals surface area contributed by atoms with Gasteiger partial charge >= 0.3 is 5.97 Å². The van der Waals surface area contributed by atoms with E-state index in [0.717, 1.165) is 0 Å². The van der Waals surface area contributed by atoms with Crippen LogP contribution in [0.1, 0.15) is 13.8 Å². The molecule has 0 unspecified atom stereocenters. The molecule has 0 aliphatic carbocycles. The zero-order valence-corrected chi connectivity index (χ0v) is 9.90. The van der Waals surface area contributed by atoms with E-state index < -0.39 is 53.5 Å². The van der Waals surface area contributed by atoms with E-state index >= 15 is 0 Å². The molecule has 1 aromatic rings. The molecule has 19 heavy (non-hydrogen) atoms. The monoisotopic (exact) mass is 284 g/mol. The lowest BCUT2D eigenvalue weighted by atomic mass is 10.2. The molecule has 0 saturated carbocycles. The molecule has 106 valence electrons. The Balaban J connectivity index is 2.94. The summed E-state index contributed by atoms with van der Waals surface area (Å²) < 4.78 is 73.3. The third-order valence-corrected chi connectivity index (χ3v) is 1.87. The normalized spacial score (nSPS) is 10.7. The summed E-state index contributed by atoms with van der Waals surface area (Å²) in [4.78, 5) is 11.0. The number of carbonyl (C=O) groups excluding carboxylic acids is 1. The van der Waals surface area contributed by atoms with Gasteiger partial charge in [-0.3, -0.25) is 0 Å². The van der Waals surface area contributed by atoms with Gasteiger partial charge in [0.25, 0.3) is 0 Å². The first-order valence-corrected chi connectivity index (χ1v) is 5.09. The first-order valence-electron chi connectivity index (χ1n) is 5.09. The fourth-order valence-corrected chi connectivity index (χ4v) is 1.14. The number of hydrogen-bond acceptors (Lipinski definition) is 3. The minimum absolute atomic E-state index is 0.507. The van der Waals surface area contributed by atoms with Crippen LogP contribution in [0.15, 0.2) is 0 Å². The van der Waals surface area contributed by atoms with Crippen LogP contribution in [0.5, 0.6) is 5.75 Å². The Morgan fingerprint density at radius 1 is 0.947 bits per heavy atom. The predicted molar refractivity (Wildman–Crippen MR) is 53.0 cm³/mol. The summed E-state index contributed by atoms with van der Waals surface area (Å²) in [5.74, 6) is -13.4. The molecular formula is C11H9F5O3. The molecule has 0 aliphatic rings. The molecule has 8 heteroatoms. The van der Waals surface area contributed by atoms with Crippen molar-refractivity contribution < 1.29 is 36.2 Å². The average molecular weight is 284 g/mol. The molecule has 0 saturated heterocycles. The number of rotatable bonds is 4. The molecule has 0 radical (unpaired) electrons. The molecular weight excluding hydrogens is 275 g/mol. The maximum Gasteiger partial charge on any atom is 0.344 e. The lowest BCUT2D eigenvalue weighted by Crippen LogP contribution is -2.20. The fourth-order valence-electron chi connectivity index (χ4n) is 1.14. The van der Waals surface area contributed by atoms with Crippen molar-refractivity contribution in [1.29, 1.82) is 0 Å². The summed E-state index contributed by atoms with van der Waals surface area (Å²) in [5.41, 5.74) is 0. The molecule has 1 rings (SSSR count). The highest BCUT2D eigenvalue weighted by molar-refractivity contribution is 5.71. The SMILES string of the molecule is CC(C)OC(=O)COc1c(F)c(F)c(F)c(F)c1F. The third kappa shape index (κ3) is 3.33.